The number of nitrogens with zero attached hydrogens (tertiary/aromatic N) is 1. The SMILES string of the molecule is CC1CNc2cccc(NC(=O)[C@]3(O)CC[C@H](NCc4ccc5c(n4)NC(=O)CO5)CC3)c2N1.Cl. The third-order valence-corrected chi connectivity index (χ3v) is 6.64. The zero-order chi connectivity index (χ0) is 23.7. The zero-order valence-electron chi connectivity index (χ0n) is 19.5. The second-order valence-corrected chi connectivity index (χ2v) is 9.28. The van der Waals surface area contributed by atoms with Crippen molar-refractivity contribution in [3.63, 3.8) is 0 Å². The molecule has 3 aliphatic rings. The average molecular weight is 503 g/mol. The molecule has 0 saturated heterocycles. The van der Waals surface area contributed by atoms with Crippen LogP contribution in [0.25, 0.3) is 0 Å². The van der Waals surface area contributed by atoms with Crippen LogP contribution in [0.3, 0.4) is 0 Å². The number of aliphatic hydroxyl groups is 1. The number of para-hydroxylation sites is 1. The first-order chi connectivity index (χ1) is 16.4. The fourth-order valence-corrected chi connectivity index (χ4v) is 4.64. The summed E-state index contributed by atoms with van der Waals surface area (Å²) in [5.74, 6) is 0.420. The van der Waals surface area contributed by atoms with E-state index in [-0.39, 0.29) is 42.9 Å². The third kappa shape index (κ3) is 5.44. The maximum atomic E-state index is 13.0. The number of ether oxygens (including phenoxy) is 1. The minimum absolute atomic E-state index is 0. The maximum Gasteiger partial charge on any atom is 0.263 e. The normalized spacial score (nSPS) is 24.8. The molecule has 1 aliphatic carbocycles. The summed E-state index contributed by atoms with van der Waals surface area (Å²) in [7, 11) is 0. The molecule has 1 unspecified atom stereocenters. The molecule has 188 valence electrons. The number of carbonyl (C=O) groups excluding carboxylic acids is 2. The van der Waals surface area contributed by atoms with Gasteiger partial charge in [0.05, 0.1) is 22.8 Å². The summed E-state index contributed by atoms with van der Waals surface area (Å²) >= 11 is 0. The Morgan fingerprint density at radius 2 is 2.06 bits per heavy atom. The Kier molecular flexibility index (Phi) is 7.34. The van der Waals surface area contributed by atoms with Gasteiger partial charge in [-0.25, -0.2) is 4.98 Å². The predicted molar refractivity (Wildman–Crippen MR) is 136 cm³/mol. The molecule has 1 fully saturated rings. The first-order valence-electron chi connectivity index (χ1n) is 11.7. The smallest absolute Gasteiger partial charge is 0.263 e. The Morgan fingerprint density at radius 1 is 1.26 bits per heavy atom. The number of benzene rings is 1. The van der Waals surface area contributed by atoms with E-state index in [1.54, 1.807) is 6.07 Å². The van der Waals surface area contributed by atoms with Crippen LogP contribution in [0.5, 0.6) is 5.75 Å². The van der Waals surface area contributed by atoms with Crippen LogP contribution in [0.15, 0.2) is 30.3 Å². The molecule has 35 heavy (non-hydrogen) atoms. The molecule has 3 heterocycles. The van der Waals surface area contributed by atoms with Crippen LogP contribution in [-0.4, -0.2) is 52.7 Å². The quantitative estimate of drug-likeness (QED) is 0.367. The Morgan fingerprint density at radius 3 is 2.86 bits per heavy atom. The number of carbonyl (C=O) groups is 2. The molecular weight excluding hydrogens is 472 g/mol. The van der Waals surface area contributed by atoms with Crippen molar-refractivity contribution < 1.29 is 19.4 Å². The van der Waals surface area contributed by atoms with Crippen molar-refractivity contribution >= 4 is 47.1 Å². The molecule has 0 bridgehead atoms. The summed E-state index contributed by atoms with van der Waals surface area (Å²) in [4.78, 5) is 29.0. The van der Waals surface area contributed by atoms with E-state index in [2.05, 4.69) is 38.5 Å². The van der Waals surface area contributed by atoms with E-state index in [4.69, 9.17) is 4.74 Å². The van der Waals surface area contributed by atoms with Gasteiger partial charge in [0.25, 0.3) is 11.8 Å². The fraction of sp³-hybridized carbons (Fsp3) is 0.458. The van der Waals surface area contributed by atoms with Crippen LogP contribution in [0, 0.1) is 0 Å². The van der Waals surface area contributed by atoms with E-state index < -0.39 is 5.60 Å². The van der Waals surface area contributed by atoms with E-state index in [1.807, 2.05) is 24.3 Å². The van der Waals surface area contributed by atoms with Crippen LogP contribution in [-0.2, 0) is 16.1 Å². The van der Waals surface area contributed by atoms with Gasteiger partial charge in [-0.1, -0.05) is 6.07 Å². The lowest BCUT2D eigenvalue weighted by atomic mass is 9.81. The number of nitrogens with one attached hydrogen (secondary N) is 5. The fourth-order valence-electron chi connectivity index (χ4n) is 4.64. The summed E-state index contributed by atoms with van der Waals surface area (Å²) in [5, 5.41) is 26.9. The molecule has 0 radical (unpaired) electrons. The van der Waals surface area contributed by atoms with Gasteiger partial charge in [-0.3, -0.25) is 9.59 Å². The highest BCUT2D eigenvalue weighted by molar-refractivity contribution is 6.01. The zero-order valence-corrected chi connectivity index (χ0v) is 20.3. The van der Waals surface area contributed by atoms with Gasteiger partial charge in [0, 0.05) is 25.2 Å². The Bertz CT molecular complexity index is 1110. The second kappa shape index (κ2) is 10.3. The monoisotopic (exact) mass is 502 g/mol. The molecule has 1 aromatic heterocycles. The van der Waals surface area contributed by atoms with E-state index >= 15 is 0 Å². The molecule has 1 aromatic carbocycles. The van der Waals surface area contributed by atoms with Gasteiger partial charge < -0.3 is 36.4 Å². The van der Waals surface area contributed by atoms with Gasteiger partial charge in [0.2, 0.25) is 0 Å². The van der Waals surface area contributed by atoms with Crippen molar-refractivity contribution in [2.45, 2.75) is 56.8 Å². The third-order valence-electron chi connectivity index (χ3n) is 6.64. The molecule has 2 aliphatic heterocycles. The number of anilines is 4. The topological polar surface area (TPSA) is 137 Å². The molecule has 5 rings (SSSR count). The molecule has 6 N–H and O–H groups in total. The van der Waals surface area contributed by atoms with E-state index in [0.717, 1.165) is 23.6 Å². The van der Waals surface area contributed by atoms with Crippen molar-refractivity contribution in [1.29, 1.82) is 0 Å². The van der Waals surface area contributed by atoms with Crippen LogP contribution in [0.1, 0.15) is 38.3 Å². The average Bonchev–Trinajstić information content (AvgIpc) is 2.84. The highest BCUT2D eigenvalue weighted by Gasteiger charge is 2.40. The van der Waals surface area contributed by atoms with Crippen molar-refractivity contribution in [1.82, 2.24) is 10.3 Å². The number of fused-ring (bicyclic) bond motifs is 2. The Hall–Kier alpha value is -3.08. The van der Waals surface area contributed by atoms with E-state index in [9.17, 15) is 14.7 Å². The second-order valence-electron chi connectivity index (χ2n) is 9.28. The summed E-state index contributed by atoms with van der Waals surface area (Å²) in [6, 6.07) is 9.76. The molecule has 11 heteroatoms. The lowest BCUT2D eigenvalue weighted by Crippen LogP contribution is -2.49. The van der Waals surface area contributed by atoms with Crippen molar-refractivity contribution in [2.75, 3.05) is 34.4 Å². The number of pyridine rings is 1. The number of hydrogen-bond acceptors (Lipinski definition) is 8. The molecule has 2 aromatic rings. The van der Waals surface area contributed by atoms with Crippen molar-refractivity contribution in [2.24, 2.45) is 0 Å². The van der Waals surface area contributed by atoms with Gasteiger partial charge in [-0.15, -0.1) is 12.4 Å². The lowest BCUT2D eigenvalue weighted by molar-refractivity contribution is -0.137. The lowest BCUT2D eigenvalue weighted by Gasteiger charge is -2.35. The standard InChI is InChI=1S/C24H30N6O4.ClH/c1-14-11-26-17-3-2-4-18(21(17)27-14)29-23(32)24(33)9-7-15(8-10-24)25-12-16-5-6-19-22(28-16)30-20(31)13-34-19;/h2-6,14-15,25-27,33H,7-13H2,1H3,(H,29,32)(H,28,30,31);1H/t14?,15-,24-;. The van der Waals surface area contributed by atoms with Gasteiger partial charge in [0.15, 0.2) is 18.2 Å². The Balaban J connectivity index is 0.00000289. The maximum absolute atomic E-state index is 13.0. The summed E-state index contributed by atoms with van der Waals surface area (Å²) in [6.07, 6.45) is 2.07. The molecule has 1 atom stereocenters. The molecule has 10 nitrogen and oxygen atoms in total. The van der Waals surface area contributed by atoms with E-state index in [1.165, 1.54) is 0 Å². The minimum Gasteiger partial charge on any atom is -0.480 e. The van der Waals surface area contributed by atoms with Crippen LogP contribution in [0.4, 0.5) is 22.9 Å². The predicted octanol–water partition coefficient (Wildman–Crippen LogP) is 2.46. The molecule has 2 amide bonds. The number of amides is 2. The summed E-state index contributed by atoms with van der Waals surface area (Å²) in [6.45, 7) is 3.40. The minimum atomic E-state index is -1.40. The van der Waals surface area contributed by atoms with Gasteiger partial charge >= 0.3 is 0 Å². The largest absolute Gasteiger partial charge is 0.480 e. The van der Waals surface area contributed by atoms with Gasteiger partial charge in [-0.05, 0) is 56.9 Å². The number of hydrogen-bond donors (Lipinski definition) is 6. The highest BCUT2D eigenvalue weighted by Crippen LogP contribution is 2.36. The highest BCUT2D eigenvalue weighted by atomic mass is 35.5. The number of rotatable bonds is 5. The molecule has 1 saturated carbocycles. The Labute approximate surface area is 210 Å². The number of aromatic nitrogens is 1. The van der Waals surface area contributed by atoms with E-state index in [0.29, 0.717) is 49.5 Å². The van der Waals surface area contributed by atoms with Crippen LogP contribution in [0.2, 0.25) is 0 Å². The molecular formula is C24H31ClN6O4. The molecule has 0 spiro atoms. The summed E-state index contributed by atoms with van der Waals surface area (Å²) < 4.78 is 5.34. The van der Waals surface area contributed by atoms with Crippen LogP contribution >= 0.6 is 12.4 Å². The van der Waals surface area contributed by atoms with Gasteiger partial charge in [0.1, 0.15) is 5.60 Å². The van der Waals surface area contributed by atoms with Crippen molar-refractivity contribution in [3.8, 4) is 5.75 Å². The van der Waals surface area contributed by atoms with Crippen LogP contribution < -0.4 is 31.3 Å². The van der Waals surface area contributed by atoms with Crippen molar-refractivity contribution in [3.05, 3.63) is 36.0 Å². The first-order valence-corrected chi connectivity index (χ1v) is 11.7. The first kappa shape index (κ1) is 25.0. The number of halogens is 1. The summed E-state index contributed by atoms with van der Waals surface area (Å²) in [5.41, 5.74) is 1.85. The van der Waals surface area contributed by atoms with Gasteiger partial charge in [-0.2, -0.15) is 0 Å².